The number of benzene rings is 1. The van der Waals surface area contributed by atoms with Crippen molar-refractivity contribution >= 4 is 11.3 Å². The van der Waals surface area contributed by atoms with Gasteiger partial charge in [-0.25, -0.2) is 4.98 Å². The quantitative estimate of drug-likeness (QED) is 0.910. The van der Waals surface area contributed by atoms with Crippen molar-refractivity contribution in [3.8, 4) is 27.8 Å². The molecule has 0 radical (unpaired) electrons. The molecule has 0 saturated heterocycles. The largest absolute Gasteiger partial charge is 0.496 e. The molecule has 6 heteroatoms. The van der Waals surface area contributed by atoms with Crippen LogP contribution in [0.5, 0.6) is 17.2 Å². The second-order valence-corrected chi connectivity index (χ2v) is 4.86. The van der Waals surface area contributed by atoms with Crippen LogP contribution in [0.15, 0.2) is 18.3 Å². The van der Waals surface area contributed by atoms with Crippen LogP contribution in [0.3, 0.4) is 0 Å². The molecule has 0 saturated carbocycles. The van der Waals surface area contributed by atoms with Crippen molar-refractivity contribution in [1.82, 2.24) is 4.98 Å². The van der Waals surface area contributed by atoms with Crippen LogP contribution in [-0.2, 0) is 6.54 Å². The van der Waals surface area contributed by atoms with Crippen LogP contribution in [-0.4, -0.2) is 26.3 Å². The highest BCUT2D eigenvalue weighted by molar-refractivity contribution is 7.15. The van der Waals surface area contributed by atoms with Gasteiger partial charge in [-0.05, 0) is 0 Å². The van der Waals surface area contributed by atoms with Crippen LogP contribution >= 0.6 is 11.3 Å². The van der Waals surface area contributed by atoms with E-state index in [9.17, 15) is 0 Å². The summed E-state index contributed by atoms with van der Waals surface area (Å²) in [6, 6.07) is 3.61. The minimum Gasteiger partial charge on any atom is -0.496 e. The lowest BCUT2D eigenvalue weighted by Crippen LogP contribution is -1.95. The Balaban J connectivity index is 2.59. The summed E-state index contributed by atoms with van der Waals surface area (Å²) in [5.74, 6) is 2.00. The predicted octanol–water partition coefficient (Wildman–Crippen LogP) is 2.29. The monoisotopic (exact) mass is 280 g/mol. The summed E-state index contributed by atoms with van der Waals surface area (Å²) in [5, 5.41) is 0.816. The Labute approximate surface area is 115 Å². The molecule has 0 atom stereocenters. The molecule has 0 unspecified atom stereocenters. The minimum absolute atomic E-state index is 0.471. The molecule has 1 aromatic carbocycles. The first kappa shape index (κ1) is 13.6. The highest BCUT2D eigenvalue weighted by atomic mass is 32.1. The van der Waals surface area contributed by atoms with Gasteiger partial charge in [0.15, 0.2) is 0 Å². The Morgan fingerprint density at radius 3 is 2.16 bits per heavy atom. The lowest BCUT2D eigenvalue weighted by molar-refractivity contribution is 0.377. The summed E-state index contributed by atoms with van der Waals surface area (Å²) < 4.78 is 16.0. The Kier molecular flexibility index (Phi) is 4.24. The fourth-order valence-corrected chi connectivity index (χ4v) is 2.58. The zero-order valence-electron chi connectivity index (χ0n) is 11.1. The molecule has 102 valence electrons. The van der Waals surface area contributed by atoms with E-state index < -0.39 is 0 Å². The normalized spacial score (nSPS) is 10.3. The minimum atomic E-state index is 0.471. The fourth-order valence-electron chi connectivity index (χ4n) is 1.73. The molecule has 2 N–H and O–H groups in total. The number of methoxy groups -OCH3 is 3. The third-order valence-corrected chi connectivity index (χ3v) is 3.72. The molecule has 0 bridgehead atoms. The molecule has 19 heavy (non-hydrogen) atoms. The Bertz CT molecular complexity index is 544. The first-order valence-corrected chi connectivity index (χ1v) is 6.50. The molecule has 0 aliphatic rings. The maximum atomic E-state index is 5.62. The summed E-state index contributed by atoms with van der Waals surface area (Å²) in [6.07, 6.45) is 1.77. The maximum absolute atomic E-state index is 5.62. The number of hydrogen-bond acceptors (Lipinski definition) is 6. The lowest BCUT2D eigenvalue weighted by atomic mass is 10.1. The molecule has 0 amide bonds. The van der Waals surface area contributed by atoms with Gasteiger partial charge in [-0.1, -0.05) is 0 Å². The third kappa shape index (κ3) is 2.64. The van der Waals surface area contributed by atoms with Gasteiger partial charge in [0.05, 0.1) is 26.9 Å². The molecule has 0 aliphatic carbocycles. The molecule has 2 rings (SSSR count). The van der Waals surface area contributed by atoms with Crippen LogP contribution < -0.4 is 19.9 Å². The van der Waals surface area contributed by atoms with Crippen LogP contribution in [0.25, 0.3) is 10.6 Å². The molecular formula is C13H16N2O3S. The standard InChI is InChI=1S/C13H16N2O3S/c1-16-8-4-10(17-2)12(11(5-8)18-3)13-15-7-9(6-14)19-13/h4-5,7H,6,14H2,1-3H3. The molecule has 2 aromatic rings. The van der Waals surface area contributed by atoms with E-state index in [1.54, 1.807) is 39.7 Å². The summed E-state index contributed by atoms with van der Waals surface area (Å²) in [6.45, 7) is 0.471. The summed E-state index contributed by atoms with van der Waals surface area (Å²) in [5.41, 5.74) is 6.43. The number of aromatic nitrogens is 1. The average Bonchev–Trinajstić information content (AvgIpc) is 2.94. The van der Waals surface area contributed by atoms with Crippen molar-refractivity contribution in [3.63, 3.8) is 0 Å². The second-order valence-electron chi connectivity index (χ2n) is 3.74. The van der Waals surface area contributed by atoms with Gasteiger partial charge >= 0.3 is 0 Å². The van der Waals surface area contributed by atoms with Gasteiger partial charge in [0.1, 0.15) is 22.3 Å². The van der Waals surface area contributed by atoms with Crippen molar-refractivity contribution in [2.24, 2.45) is 5.73 Å². The van der Waals surface area contributed by atoms with Gasteiger partial charge in [-0.2, -0.15) is 0 Å². The number of nitrogens with two attached hydrogens (primary N) is 1. The first-order chi connectivity index (χ1) is 9.23. The molecule has 0 spiro atoms. The van der Waals surface area contributed by atoms with Crippen molar-refractivity contribution in [2.75, 3.05) is 21.3 Å². The van der Waals surface area contributed by atoms with Crippen molar-refractivity contribution in [1.29, 1.82) is 0 Å². The van der Waals surface area contributed by atoms with Crippen molar-refractivity contribution in [3.05, 3.63) is 23.2 Å². The van der Waals surface area contributed by atoms with E-state index in [-0.39, 0.29) is 0 Å². The number of ether oxygens (including phenoxy) is 3. The molecule has 0 aliphatic heterocycles. The van der Waals surface area contributed by atoms with E-state index in [0.29, 0.717) is 23.8 Å². The third-order valence-electron chi connectivity index (χ3n) is 2.68. The van der Waals surface area contributed by atoms with Crippen LogP contribution in [0.4, 0.5) is 0 Å². The van der Waals surface area contributed by atoms with Crippen molar-refractivity contribution < 1.29 is 14.2 Å². The maximum Gasteiger partial charge on any atom is 0.136 e. The lowest BCUT2D eigenvalue weighted by Gasteiger charge is -2.13. The summed E-state index contributed by atoms with van der Waals surface area (Å²) >= 11 is 1.52. The van der Waals surface area contributed by atoms with E-state index in [0.717, 1.165) is 15.4 Å². The van der Waals surface area contributed by atoms with E-state index in [4.69, 9.17) is 19.9 Å². The zero-order valence-corrected chi connectivity index (χ0v) is 11.9. The number of nitrogens with zero attached hydrogens (tertiary/aromatic N) is 1. The van der Waals surface area contributed by atoms with E-state index in [2.05, 4.69) is 4.98 Å². The first-order valence-electron chi connectivity index (χ1n) is 5.68. The average molecular weight is 280 g/mol. The van der Waals surface area contributed by atoms with E-state index >= 15 is 0 Å². The molecule has 1 aromatic heterocycles. The van der Waals surface area contributed by atoms with E-state index in [1.807, 2.05) is 0 Å². The Hall–Kier alpha value is -1.79. The van der Waals surface area contributed by atoms with Gasteiger partial charge in [0.25, 0.3) is 0 Å². The van der Waals surface area contributed by atoms with E-state index in [1.165, 1.54) is 11.3 Å². The van der Waals surface area contributed by atoms with Crippen LogP contribution in [0.2, 0.25) is 0 Å². The SMILES string of the molecule is COc1cc(OC)c(-c2ncc(CN)s2)c(OC)c1. The molecular weight excluding hydrogens is 264 g/mol. The second kappa shape index (κ2) is 5.90. The number of hydrogen-bond donors (Lipinski definition) is 1. The highest BCUT2D eigenvalue weighted by Crippen LogP contribution is 2.43. The summed E-state index contributed by atoms with van der Waals surface area (Å²) in [7, 11) is 4.81. The van der Waals surface area contributed by atoms with Crippen LogP contribution in [0, 0.1) is 0 Å². The molecule has 0 fully saturated rings. The van der Waals surface area contributed by atoms with Gasteiger partial charge < -0.3 is 19.9 Å². The predicted molar refractivity (Wildman–Crippen MR) is 75.1 cm³/mol. The molecule has 5 nitrogen and oxygen atoms in total. The van der Waals surface area contributed by atoms with Gasteiger partial charge in [-0.15, -0.1) is 11.3 Å². The van der Waals surface area contributed by atoms with Gasteiger partial charge in [-0.3, -0.25) is 0 Å². The van der Waals surface area contributed by atoms with Crippen LogP contribution in [0.1, 0.15) is 4.88 Å². The Morgan fingerprint density at radius 1 is 1.11 bits per heavy atom. The topological polar surface area (TPSA) is 66.6 Å². The number of rotatable bonds is 5. The number of thiazole rings is 1. The zero-order chi connectivity index (χ0) is 13.8. The summed E-state index contributed by atoms with van der Waals surface area (Å²) in [4.78, 5) is 5.38. The smallest absolute Gasteiger partial charge is 0.136 e. The molecule has 1 heterocycles. The van der Waals surface area contributed by atoms with Crippen molar-refractivity contribution in [2.45, 2.75) is 6.54 Å². The van der Waals surface area contributed by atoms with Gasteiger partial charge in [0.2, 0.25) is 0 Å². The fraction of sp³-hybridized carbons (Fsp3) is 0.308. The Morgan fingerprint density at radius 2 is 1.74 bits per heavy atom. The van der Waals surface area contributed by atoms with Gasteiger partial charge in [0, 0.05) is 29.8 Å². The highest BCUT2D eigenvalue weighted by Gasteiger charge is 2.18.